The van der Waals surface area contributed by atoms with Crippen molar-refractivity contribution in [2.45, 2.75) is 59.7 Å². The van der Waals surface area contributed by atoms with Crippen LogP contribution < -0.4 is 5.46 Å². The molecule has 31 heavy (non-hydrogen) atoms. The topological polar surface area (TPSA) is 64.8 Å². The molecule has 3 atom stereocenters. The highest BCUT2D eigenvalue weighted by molar-refractivity contribution is 7.46. The zero-order valence-corrected chi connectivity index (χ0v) is 19.6. The molecule has 0 amide bonds. The average molecular weight is 424 g/mol. The van der Waals surface area contributed by atoms with Gasteiger partial charge in [-0.05, 0) is 17.8 Å². The van der Waals surface area contributed by atoms with Gasteiger partial charge in [0, 0.05) is 17.4 Å². The molecule has 0 saturated heterocycles. The van der Waals surface area contributed by atoms with Gasteiger partial charge >= 0.3 is 0 Å². The minimum Gasteiger partial charge on any atom is -0.518 e. The minimum atomic E-state index is -1.92. The molecule has 0 aliphatic carbocycles. The standard InChI is InChI=1S/C24H35BN3O3/c1-15(2)19-12-29-22(26-19)25(18-10-8-7-9-11-18,23-27-20(13-30-23)16(3)4)24-28-21(14-31-24)17(5)6/h7-11,15-17,19-21H,12-14H2,1-6H3/q-1. The molecule has 3 heterocycles. The van der Waals surface area contributed by atoms with Crippen LogP contribution in [0.15, 0.2) is 45.3 Å². The van der Waals surface area contributed by atoms with Crippen LogP contribution >= 0.6 is 0 Å². The number of hydrogen-bond donors (Lipinski definition) is 0. The van der Waals surface area contributed by atoms with E-state index in [4.69, 9.17) is 29.2 Å². The largest absolute Gasteiger partial charge is 0.518 e. The van der Waals surface area contributed by atoms with E-state index < -0.39 is 6.15 Å². The summed E-state index contributed by atoms with van der Waals surface area (Å²) in [7, 11) is 0. The molecule has 3 aliphatic heterocycles. The highest BCUT2D eigenvalue weighted by Crippen LogP contribution is 2.29. The Kier molecular flexibility index (Phi) is 6.13. The van der Waals surface area contributed by atoms with Gasteiger partial charge in [0.25, 0.3) is 6.15 Å². The van der Waals surface area contributed by atoms with E-state index in [0.717, 1.165) is 5.46 Å². The Morgan fingerprint density at radius 2 is 1.00 bits per heavy atom. The lowest BCUT2D eigenvalue weighted by Crippen LogP contribution is -2.68. The monoisotopic (exact) mass is 424 g/mol. The molecule has 0 N–H and O–H groups in total. The highest BCUT2D eigenvalue weighted by Gasteiger charge is 2.52. The van der Waals surface area contributed by atoms with E-state index in [2.05, 4.69) is 53.7 Å². The summed E-state index contributed by atoms with van der Waals surface area (Å²) in [6.45, 7) is 14.7. The van der Waals surface area contributed by atoms with Crippen molar-refractivity contribution in [2.75, 3.05) is 19.8 Å². The zero-order valence-electron chi connectivity index (χ0n) is 19.6. The van der Waals surface area contributed by atoms with Gasteiger partial charge in [0.2, 0.25) is 0 Å². The van der Waals surface area contributed by atoms with Gasteiger partial charge in [0.15, 0.2) is 0 Å². The van der Waals surface area contributed by atoms with E-state index in [-0.39, 0.29) is 18.1 Å². The van der Waals surface area contributed by atoms with Crippen LogP contribution in [0.25, 0.3) is 0 Å². The summed E-state index contributed by atoms with van der Waals surface area (Å²) in [5, 5.41) is 0. The number of nitrogens with zero attached hydrogens (tertiary/aromatic N) is 3. The van der Waals surface area contributed by atoms with Crippen LogP contribution in [-0.4, -0.2) is 61.5 Å². The van der Waals surface area contributed by atoms with Gasteiger partial charge < -0.3 is 14.2 Å². The van der Waals surface area contributed by atoms with E-state index in [1.807, 2.05) is 18.2 Å². The van der Waals surface area contributed by atoms with Crippen molar-refractivity contribution in [2.24, 2.45) is 32.7 Å². The van der Waals surface area contributed by atoms with E-state index in [1.165, 1.54) is 0 Å². The molecule has 0 fully saturated rings. The van der Waals surface area contributed by atoms with Gasteiger partial charge in [-0.15, -0.1) is 0 Å². The summed E-state index contributed by atoms with van der Waals surface area (Å²) in [6.07, 6.45) is -1.92. The lowest BCUT2D eigenvalue weighted by Gasteiger charge is -2.38. The van der Waals surface area contributed by atoms with Crippen molar-refractivity contribution in [1.29, 1.82) is 0 Å². The molecule has 1 aromatic carbocycles. The highest BCUT2D eigenvalue weighted by atomic mass is 16.5. The SMILES string of the molecule is CC(C)C1COC([B-](C2=NC(C(C)C)CO2)(C2=NC(C(C)C)CO2)c2ccccc2)=N1. The van der Waals surface area contributed by atoms with Gasteiger partial charge in [0.1, 0.15) is 19.8 Å². The molecule has 3 unspecified atom stereocenters. The number of benzene rings is 1. The van der Waals surface area contributed by atoms with Crippen LogP contribution in [0.3, 0.4) is 0 Å². The molecule has 6 nitrogen and oxygen atoms in total. The Labute approximate surface area is 186 Å². The van der Waals surface area contributed by atoms with Crippen molar-refractivity contribution < 1.29 is 14.2 Å². The maximum atomic E-state index is 6.32. The molecule has 3 aliphatic rings. The number of ether oxygens (including phenoxy) is 3. The molecule has 168 valence electrons. The van der Waals surface area contributed by atoms with Crippen LogP contribution in [0.5, 0.6) is 0 Å². The zero-order chi connectivity index (χ0) is 22.2. The number of aliphatic imine (C=N–C) groups is 3. The Morgan fingerprint density at radius 3 is 1.29 bits per heavy atom. The molecule has 0 radical (unpaired) electrons. The smallest absolute Gasteiger partial charge is 0.288 e. The molecule has 0 spiro atoms. The van der Waals surface area contributed by atoms with E-state index in [9.17, 15) is 0 Å². The van der Waals surface area contributed by atoms with Gasteiger partial charge in [-0.1, -0.05) is 71.9 Å². The Hall–Kier alpha value is -2.31. The third kappa shape index (κ3) is 3.87. The van der Waals surface area contributed by atoms with Crippen LogP contribution in [0, 0.1) is 17.8 Å². The van der Waals surface area contributed by atoms with Crippen molar-refractivity contribution in [3.63, 3.8) is 0 Å². The van der Waals surface area contributed by atoms with Crippen molar-refractivity contribution in [3.8, 4) is 0 Å². The minimum absolute atomic E-state index is 0.103. The summed E-state index contributed by atoms with van der Waals surface area (Å²) in [6, 6.07) is 10.6. The van der Waals surface area contributed by atoms with E-state index in [1.54, 1.807) is 0 Å². The van der Waals surface area contributed by atoms with Crippen LogP contribution in [0.2, 0.25) is 0 Å². The van der Waals surface area contributed by atoms with Gasteiger partial charge in [-0.25, -0.2) is 0 Å². The third-order valence-electron chi connectivity index (χ3n) is 6.80. The van der Waals surface area contributed by atoms with Crippen molar-refractivity contribution in [3.05, 3.63) is 30.3 Å². The quantitative estimate of drug-likeness (QED) is 0.631. The first-order valence-electron chi connectivity index (χ1n) is 11.7. The molecular weight excluding hydrogens is 389 g/mol. The lowest BCUT2D eigenvalue weighted by atomic mass is 9.20. The number of hydrogen-bond acceptors (Lipinski definition) is 6. The Balaban J connectivity index is 1.93. The third-order valence-corrected chi connectivity index (χ3v) is 6.80. The van der Waals surface area contributed by atoms with Crippen LogP contribution in [0.1, 0.15) is 41.5 Å². The molecule has 1 aromatic rings. The molecular formula is C24H35BN3O3-. The number of rotatable bonds is 7. The van der Waals surface area contributed by atoms with Crippen molar-refractivity contribution >= 4 is 29.0 Å². The Morgan fingerprint density at radius 1 is 0.645 bits per heavy atom. The first-order chi connectivity index (χ1) is 14.8. The summed E-state index contributed by atoms with van der Waals surface area (Å²) in [5.41, 5.74) is 1.02. The second kappa shape index (κ2) is 8.68. The van der Waals surface area contributed by atoms with Gasteiger partial charge in [-0.3, -0.25) is 15.0 Å². The van der Waals surface area contributed by atoms with Gasteiger partial charge in [-0.2, -0.15) is 5.46 Å². The van der Waals surface area contributed by atoms with Gasteiger partial charge in [0.05, 0.1) is 18.1 Å². The maximum absolute atomic E-state index is 6.32. The van der Waals surface area contributed by atoms with Crippen LogP contribution in [0.4, 0.5) is 0 Å². The Bertz CT molecular complexity index is 796. The average Bonchev–Trinajstić information content (AvgIpc) is 3.51. The fraction of sp³-hybridized carbons (Fsp3) is 0.625. The predicted molar refractivity (Wildman–Crippen MR) is 128 cm³/mol. The molecule has 4 rings (SSSR count). The van der Waals surface area contributed by atoms with Crippen LogP contribution in [-0.2, 0) is 14.2 Å². The molecule has 0 aromatic heterocycles. The fourth-order valence-corrected chi connectivity index (χ4v) is 4.45. The first kappa shape index (κ1) is 21.9. The van der Waals surface area contributed by atoms with E-state index >= 15 is 0 Å². The lowest BCUT2D eigenvalue weighted by molar-refractivity contribution is 0.286. The summed E-state index contributed by atoms with van der Waals surface area (Å²) in [5.74, 6) is 3.09. The fourth-order valence-electron chi connectivity index (χ4n) is 4.45. The summed E-state index contributed by atoms with van der Waals surface area (Å²) < 4.78 is 19.0. The summed E-state index contributed by atoms with van der Waals surface area (Å²) >= 11 is 0. The maximum Gasteiger partial charge on any atom is 0.288 e. The summed E-state index contributed by atoms with van der Waals surface area (Å²) in [4.78, 5) is 15.2. The molecule has 7 heteroatoms. The second-order valence-electron chi connectivity index (χ2n) is 10.0. The van der Waals surface area contributed by atoms with E-state index in [0.29, 0.717) is 55.0 Å². The van der Waals surface area contributed by atoms with Crippen molar-refractivity contribution in [1.82, 2.24) is 0 Å². The molecule has 0 bridgehead atoms. The predicted octanol–water partition coefficient (Wildman–Crippen LogP) is 3.32. The second-order valence-corrected chi connectivity index (χ2v) is 10.0. The molecule has 0 saturated carbocycles. The first-order valence-corrected chi connectivity index (χ1v) is 11.7. The normalized spacial score (nSPS) is 27.5.